The molecule has 5 heteroatoms. The normalized spacial score (nSPS) is 29.5. The third kappa shape index (κ3) is 3.14. The van der Waals surface area contributed by atoms with E-state index >= 15 is 0 Å². The van der Waals surface area contributed by atoms with Gasteiger partial charge in [-0.2, -0.15) is 0 Å². The number of halogens is 3. The van der Waals surface area contributed by atoms with Gasteiger partial charge in [0.25, 0.3) is 6.43 Å². The zero-order valence-corrected chi connectivity index (χ0v) is 8.22. The molecule has 0 bridgehead atoms. The van der Waals surface area contributed by atoms with Crippen LogP contribution < -0.4 is 0 Å². The Bertz CT molecular complexity index is 128. The molecule has 0 spiro atoms. The van der Waals surface area contributed by atoms with Crippen LogP contribution in [0.25, 0.3) is 0 Å². The predicted octanol–water partition coefficient (Wildman–Crippen LogP) is 1.66. The maximum absolute atomic E-state index is 12.5. The van der Waals surface area contributed by atoms with E-state index in [9.17, 15) is 13.2 Å². The average molecular weight is 198 g/mol. The van der Waals surface area contributed by atoms with Crippen LogP contribution in [-0.2, 0) is 4.43 Å². The smallest absolute Gasteiger partial charge is 0.269 e. The van der Waals surface area contributed by atoms with Crippen molar-refractivity contribution in [2.75, 3.05) is 0 Å². The Morgan fingerprint density at radius 1 is 1.42 bits per heavy atom. The van der Waals surface area contributed by atoms with Gasteiger partial charge in [0, 0.05) is 12.5 Å². The summed E-state index contributed by atoms with van der Waals surface area (Å²) >= 11 is 0. The molecule has 0 aromatic carbocycles. The first-order valence-corrected chi connectivity index (χ1v) is 5.81. The highest BCUT2D eigenvalue weighted by molar-refractivity contribution is 6.27. The molecule has 1 fully saturated rings. The SMILES string of the molecule is FC(F)C(F)CC1CCC[SiH2]O1. The molecule has 0 N–H and O–H groups in total. The van der Waals surface area contributed by atoms with Crippen LogP contribution in [0.2, 0.25) is 6.04 Å². The molecule has 1 saturated heterocycles. The molecule has 1 heterocycles. The molecule has 0 aromatic heterocycles. The maximum atomic E-state index is 12.5. The Hall–Kier alpha value is -0.0331. The van der Waals surface area contributed by atoms with E-state index in [1.807, 2.05) is 0 Å². The summed E-state index contributed by atoms with van der Waals surface area (Å²) in [6, 6.07) is 1.10. The molecule has 1 nitrogen and oxygen atoms in total. The van der Waals surface area contributed by atoms with Gasteiger partial charge in [0.15, 0.2) is 15.9 Å². The predicted molar refractivity (Wildman–Crippen MR) is 43.0 cm³/mol. The first kappa shape index (κ1) is 10.1. The van der Waals surface area contributed by atoms with Crippen LogP contribution in [0.3, 0.4) is 0 Å². The Kier molecular flexibility index (Phi) is 4.07. The van der Waals surface area contributed by atoms with Crippen molar-refractivity contribution >= 4 is 9.76 Å². The van der Waals surface area contributed by atoms with E-state index in [0.29, 0.717) is 0 Å². The fraction of sp³-hybridized carbons (Fsp3) is 1.00. The summed E-state index contributed by atoms with van der Waals surface area (Å²) in [5.41, 5.74) is 0. The molecule has 1 aliphatic heterocycles. The van der Waals surface area contributed by atoms with Gasteiger partial charge in [0.05, 0.1) is 0 Å². The van der Waals surface area contributed by atoms with Crippen molar-refractivity contribution in [3.05, 3.63) is 0 Å². The molecular formula is C7H13F3OSi. The van der Waals surface area contributed by atoms with E-state index < -0.39 is 22.4 Å². The molecule has 0 amide bonds. The molecule has 1 aliphatic rings. The number of hydrogen-bond acceptors (Lipinski definition) is 1. The molecule has 1 rings (SSSR count). The summed E-state index contributed by atoms with van der Waals surface area (Å²) in [5, 5.41) is 0. The lowest BCUT2D eigenvalue weighted by Crippen LogP contribution is -2.27. The number of alkyl halides is 3. The first-order chi connectivity index (χ1) is 5.70. The highest BCUT2D eigenvalue weighted by atomic mass is 28.2. The Balaban J connectivity index is 2.20. The third-order valence-corrected chi connectivity index (χ3v) is 3.53. The molecule has 0 aromatic rings. The Morgan fingerprint density at radius 3 is 2.67 bits per heavy atom. The summed E-state index contributed by atoms with van der Waals surface area (Å²) in [7, 11) is -0.518. The first-order valence-electron chi connectivity index (χ1n) is 4.24. The van der Waals surface area contributed by atoms with Gasteiger partial charge >= 0.3 is 0 Å². The van der Waals surface area contributed by atoms with Crippen molar-refractivity contribution in [1.29, 1.82) is 0 Å². The van der Waals surface area contributed by atoms with Gasteiger partial charge in [-0.05, 0) is 12.5 Å². The molecule has 2 atom stereocenters. The second kappa shape index (κ2) is 4.86. The summed E-state index contributed by atoms with van der Waals surface area (Å²) in [6.45, 7) is 0. The summed E-state index contributed by atoms with van der Waals surface area (Å²) in [5.74, 6) is 0. The molecule has 0 saturated carbocycles. The summed E-state index contributed by atoms with van der Waals surface area (Å²) in [6.07, 6.45) is -3.42. The van der Waals surface area contributed by atoms with E-state index in [4.69, 9.17) is 4.43 Å². The second-order valence-electron chi connectivity index (χ2n) is 3.07. The van der Waals surface area contributed by atoms with Crippen LogP contribution in [0, 0.1) is 0 Å². The van der Waals surface area contributed by atoms with E-state index in [1.165, 1.54) is 0 Å². The maximum Gasteiger partial charge on any atom is 0.269 e. The number of hydrogen-bond donors (Lipinski definition) is 0. The lowest BCUT2D eigenvalue weighted by atomic mass is 10.1. The quantitative estimate of drug-likeness (QED) is 0.627. The van der Waals surface area contributed by atoms with E-state index in [1.54, 1.807) is 0 Å². The van der Waals surface area contributed by atoms with Gasteiger partial charge in [-0.1, -0.05) is 6.42 Å². The average Bonchev–Trinajstić information content (AvgIpc) is 2.06. The highest BCUT2D eigenvalue weighted by Crippen LogP contribution is 2.20. The van der Waals surface area contributed by atoms with Crippen LogP contribution in [0.15, 0.2) is 0 Å². The lowest BCUT2D eigenvalue weighted by molar-refractivity contribution is 0.0187. The standard InChI is InChI=1S/C7H13F3OSi/c8-6(7(9)10)4-5-2-1-3-12-11-5/h5-7H,1-4,12H2. The highest BCUT2D eigenvalue weighted by Gasteiger charge is 2.25. The van der Waals surface area contributed by atoms with Crippen molar-refractivity contribution in [3.8, 4) is 0 Å². The molecule has 2 unspecified atom stereocenters. The van der Waals surface area contributed by atoms with E-state index in [0.717, 1.165) is 18.9 Å². The lowest BCUT2D eigenvalue weighted by Gasteiger charge is -2.23. The molecule has 72 valence electrons. The zero-order valence-electron chi connectivity index (χ0n) is 6.81. The molecular weight excluding hydrogens is 185 g/mol. The van der Waals surface area contributed by atoms with E-state index in [2.05, 4.69) is 0 Å². The monoisotopic (exact) mass is 198 g/mol. The fourth-order valence-corrected chi connectivity index (χ4v) is 2.64. The molecule has 0 radical (unpaired) electrons. The minimum absolute atomic E-state index is 0.120. The molecule has 0 aliphatic carbocycles. The second-order valence-corrected chi connectivity index (χ2v) is 4.52. The summed E-state index contributed by atoms with van der Waals surface area (Å²) in [4.78, 5) is 0. The van der Waals surface area contributed by atoms with Gasteiger partial charge in [0.2, 0.25) is 0 Å². The minimum atomic E-state index is -2.85. The van der Waals surface area contributed by atoms with Crippen LogP contribution >= 0.6 is 0 Å². The third-order valence-electron chi connectivity index (χ3n) is 2.04. The fourth-order valence-electron chi connectivity index (χ4n) is 1.35. The van der Waals surface area contributed by atoms with Gasteiger partial charge in [-0.15, -0.1) is 0 Å². The summed E-state index contributed by atoms with van der Waals surface area (Å²) < 4.78 is 41.3. The number of rotatable bonds is 3. The topological polar surface area (TPSA) is 9.23 Å². The van der Waals surface area contributed by atoms with Crippen LogP contribution in [0.4, 0.5) is 13.2 Å². The van der Waals surface area contributed by atoms with Crippen molar-refractivity contribution in [2.24, 2.45) is 0 Å². The van der Waals surface area contributed by atoms with Crippen LogP contribution in [-0.4, -0.2) is 28.5 Å². The van der Waals surface area contributed by atoms with Crippen molar-refractivity contribution in [3.63, 3.8) is 0 Å². The van der Waals surface area contributed by atoms with Gasteiger partial charge in [0.1, 0.15) is 0 Å². The molecule has 12 heavy (non-hydrogen) atoms. The van der Waals surface area contributed by atoms with Gasteiger partial charge < -0.3 is 4.43 Å². The zero-order chi connectivity index (χ0) is 8.97. The van der Waals surface area contributed by atoms with E-state index in [-0.39, 0.29) is 12.5 Å². The Labute approximate surface area is 72.2 Å². The largest absolute Gasteiger partial charge is 0.421 e. The van der Waals surface area contributed by atoms with Crippen molar-refractivity contribution in [1.82, 2.24) is 0 Å². The minimum Gasteiger partial charge on any atom is -0.421 e. The van der Waals surface area contributed by atoms with Crippen LogP contribution in [0.1, 0.15) is 19.3 Å². The van der Waals surface area contributed by atoms with Crippen LogP contribution in [0.5, 0.6) is 0 Å². The van der Waals surface area contributed by atoms with Gasteiger partial charge in [-0.3, -0.25) is 0 Å². The van der Waals surface area contributed by atoms with Gasteiger partial charge in [-0.25, -0.2) is 13.2 Å². The van der Waals surface area contributed by atoms with Crippen molar-refractivity contribution in [2.45, 2.75) is 44.0 Å². The Morgan fingerprint density at radius 2 is 2.17 bits per heavy atom. The van der Waals surface area contributed by atoms with Crippen molar-refractivity contribution < 1.29 is 17.6 Å².